The monoisotopic (exact) mass is 211 g/mol. The van der Waals surface area contributed by atoms with Crippen LogP contribution in [0.2, 0.25) is 0 Å². The lowest BCUT2D eigenvalue weighted by Gasteiger charge is -2.16. The van der Waals surface area contributed by atoms with Gasteiger partial charge in [-0.05, 0) is 6.42 Å². The van der Waals surface area contributed by atoms with Crippen molar-refractivity contribution in [1.29, 1.82) is 0 Å². The summed E-state index contributed by atoms with van der Waals surface area (Å²) < 4.78 is 0. The number of carbonyl (C=O) groups excluding carboxylic acids is 3. The average Bonchev–Trinajstić information content (AvgIpc) is 2.54. The number of hydrogen-bond acceptors (Lipinski definition) is 4. The Morgan fingerprint density at radius 1 is 1.47 bits per heavy atom. The molecule has 15 heavy (non-hydrogen) atoms. The molecule has 0 radical (unpaired) electrons. The fourth-order valence-corrected chi connectivity index (χ4v) is 1.24. The summed E-state index contributed by atoms with van der Waals surface area (Å²) in [5, 5.41) is 2.39. The number of likely N-dealkylation sites (N-methyl/N-ethyl adjacent to an activating group) is 1. The molecule has 0 spiro atoms. The highest BCUT2D eigenvalue weighted by atomic mass is 16.2. The summed E-state index contributed by atoms with van der Waals surface area (Å²) >= 11 is 0. The van der Waals surface area contributed by atoms with E-state index in [-0.39, 0.29) is 30.7 Å². The smallest absolute Gasteiger partial charge is 0.253 e. The van der Waals surface area contributed by atoms with Crippen LogP contribution in [0.1, 0.15) is 6.42 Å². The zero-order valence-electron chi connectivity index (χ0n) is 8.40. The lowest BCUT2D eigenvalue weighted by molar-refractivity contribution is -0.137. The van der Waals surface area contributed by atoms with Gasteiger partial charge in [0.2, 0.25) is 5.91 Å². The Labute approximate surface area is 87.1 Å². The van der Waals surface area contributed by atoms with Gasteiger partial charge in [0.1, 0.15) is 0 Å². The Kier molecular flexibility index (Phi) is 3.56. The van der Waals surface area contributed by atoms with E-state index < -0.39 is 6.04 Å². The van der Waals surface area contributed by atoms with Crippen LogP contribution in [0.3, 0.4) is 0 Å². The van der Waals surface area contributed by atoms with Gasteiger partial charge in [-0.15, -0.1) is 0 Å². The van der Waals surface area contributed by atoms with E-state index in [9.17, 15) is 14.4 Å². The van der Waals surface area contributed by atoms with Gasteiger partial charge < -0.3 is 11.1 Å². The SMILES string of the molecule is CNC(=O)C(N)CCN1C(=O)C=CC1=O. The number of imide groups is 1. The molecule has 6 heteroatoms. The molecular weight excluding hydrogens is 198 g/mol. The highest BCUT2D eigenvalue weighted by Crippen LogP contribution is 2.04. The minimum atomic E-state index is -0.698. The van der Waals surface area contributed by atoms with Crippen molar-refractivity contribution in [3.05, 3.63) is 12.2 Å². The zero-order valence-corrected chi connectivity index (χ0v) is 8.40. The highest BCUT2D eigenvalue weighted by molar-refractivity contribution is 6.12. The maximum absolute atomic E-state index is 11.1. The van der Waals surface area contributed by atoms with Crippen molar-refractivity contribution in [3.8, 4) is 0 Å². The largest absolute Gasteiger partial charge is 0.358 e. The number of hydrogen-bond donors (Lipinski definition) is 2. The second kappa shape index (κ2) is 4.70. The van der Waals surface area contributed by atoms with Crippen LogP contribution in [0, 0.1) is 0 Å². The molecule has 0 saturated carbocycles. The molecule has 1 atom stereocenters. The normalized spacial score (nSPS) is 17.1. The summed E-state index contributed by atoms with van der Waals surface area (Å²) in [6.45, 7) is 0.166. The molecule has 1 aliphatic rings. The Morgan fingerprint density at radius 3 is 2.47 bits per heavy atom. The van der Waals surface area contributed by atoms with Crippen LogP contribution in [0.5, 0.6) is 0 Å². The van der Waals surface area contributed by atoms with Gasteiger partial charge in [0.25, 0.3) is 11.8 Å². The van der Waals surface area contributed by atoms with E-state index in [1.165, 1.54) is 19.2 Å². The quantitative estimate of drug-likeness (QED) is 0.546. The summed E-state index contributed by atoms with van der Waals surface area (Å²) in [5.74, 6) is -1.02. The van der Waals surface area contributed by atoms with Crippen molar-refractivity contribution in [2.45, 2.75) is 12.5 Å². The fraction of sp³-hybridized carbons (Fsp3) is 0.444. The van der Waals surface area contributed by atoms with Crippen molar-refractivity contribution in [2.75, 3.05) is 13.6 Å². The van der Waals surface area contributed by atoms with Gasteiger partial charge in [-0.2, -0.15) is 0 Å². The van der Waals surface area contributed by atoms with E-state index in [2.05, 4.69) is 5.32 Å². The molecule has 1 aliphatic heterocycles. The Balaban J connectivity index is 2.41. The van der Waals surface area contributed by atoms with Gasteiger partial charge >= 0.3 is 0 Å². The minimum absolute atomic E-state index is 0.166. The third-order valence-electron chi connectivity index (χ3n) is 2.15. The van der Waals surface area contributed by atoms with E-state index in [1.807, 2.05) is 0 Å². The molecule has 0 bridgehead atoms. The topological polar surface area (TPSA) is 92.5 Å². The molecule has 82 valence electrons. The molecule has 3 N–H and O–H groups in total. The Morgan fingerprint density at radius 2 is 2.00 bits per heavy atom. The van der Waals surface area contributed by atoms with Crippen LogP contribution < -0.4 is 11.1 Å². The first-order valence-electron chi connectivity index (χ1n) is 4.57. The van der Waals surface area contributed by atoms with Gasteiger partial charge in [0.15, 0.2) is 0 Å². The molecule has 1 rings (SSSR count). The number of nitrogens with zero attached hydrogens (tertiary/aromatic N) is 1. The van der Waals surface area contributed by atoms with Gasteiger partial charge in [-0.1, -0.05) is 0 Å². The van der Waals surface area contributed by atoms with Crippen molar-refractivity contribution < 1.29 is 14.4 Å². The third-order valence-corrected chi connectivity index (χ3v) is 2.15. The van der Waals surface area contributed by atoms with Crippen LogP contribution in [0.4, 0.5) is 0 Å². The number of nitrogens with one attached hydrogen (secondary N) is 1. The molecule has 0 aromatic heterocycles. The van der Waals surface area contributed by atoms with Crippen molar-refractivity contribution in [3.63, 3.8) is 0 Å². The molecule has 0 aromatic carbocycles. The van der Waals surface area contributed by atoms with Crippen molar-refractivity contribution >= 4 is 17.7 Å². The number of rotatable bonds is 4. The summed E-state index contributed by atoms with van der Waals surface area (Å²) in [5.41, 5.74) is 5.52. The predicted molar refractivity (Wildman–Crippen MR) is 52.5 cm³/mol. The maximum Gasteiger partial charge on any atom is 0.253 e. The summed E-state index contributed by atoms with van der Waals surface area (Å²) in [6, 6.07) is -0.698. The van der Waals surface area contributed by atoms with Crippen LogP contribution >= 0.6 is 0 Å². The van der Waals surface area contributed by atoms with Crippen LogP contribution in [0.15, 0.2) is 12.2 Å². The molecule has 3 amide bonds. The van der Waals surface area contributed by atoms with E-state index in [4.69, 9.17) is 5.73 Å². The second-order valence-corrected chi connectivity index (χ2v) is 3.17. The first-order valence-corrected chi connectivity index (χ1v) is 4.57. The molecule has 1 heterocycles. The summed E-state index contributed by atoms with van der Waals surface area (Å²) in [6.07, 6.45) is 2.67. The van der Waals surface area contributed by atoms with Crippen LogP contribution in [-0.4, -0.2) is 42.3 Å². The lowest BCUT2D eigenvalue weighted by atomic mass is 10.2. The zero-order chi connectivity index (χ0) is 11.4. The van der Waals surface area contributed by atoms with E-state index in [1.54, 1.807) is 0 Å². The molecule has 0 saturated heterocycles. The lowest BCUT2D eigenvalue weighted by Crippen LogP contribution is -2.42. The highest BCUT2D eigenvalue weighted by Gasteiger charge is 2.24. The fourth-order valence-electron chi connectivity index (χ4n) is 1.24. The predicted octanol–water partition coefficient (Wildman–Crippen LogP) is -1.63. The van der Waals surface area contributed by atoms with Crippen LogP contribution in [-0.2, 0) is 14.4 Å². The molecule has 0 aromatic rings. The van der Waals surface area contributed by atoms with E-state index >= 15 is 0 Å². The Hall–Kier alpha value is -1.69. The average molecular weight is 211 g/mol. The van der Waals surface area contributed by atoms with Gasteiger partial charge in [0, 0.05) is 25.7 Å². The molecule has 1 unspecified atom stereocenters. The maximum atomic E-state index is 11.1. The van der Waals surface area contributed by atoms with Gasteiger partial charge in [-0.3, -0.25) is 19.3 Å². The van der Waals surface area contributed by atoms with Gasteiger partial charge in [0.05, 0.1) is 6.04 Å². The summed E-state index contributed by atoms with van der Waals surface area (Å²) in [7, 11) is 1.48. The van der Waals surface area contributed by atoms with Crippen LogP contribution in [0.25, 0.3) is 0 Å². The van der Waals surface area contributed by atoms with Crippen molar-refractivity contribution in [2.24, 2.45) is 5.73 Å². The third kappa shape index (κ3) is 2.63. The Bertz CT molecular complexity index is 307. The first kappa shape index (κ1) is 11.4. The number of amides is 3. The molecule has 0 fully saturated rings. The molecular formula is C9H13N3O3. The minimum Gasteiger partial charge on any atom is -0.358 e. The molecule has 0 aliphatic carbocycles. The van der Waals surface area contributed by atoms with E-state index in [0.29, 0.717) is 0 Å². The standard InChI is InChI=1S/C9H13N3O3/c1-11-9(15)6(10)4-5-12-7(13)2-3-8(12)14/h2-3,6H,4-5,10H2,1H3,(H,11,15). The van der Waals surface area contributed by atoms with Gasteiger partial charge in [-0.25, -0.2) is 0 Å². The molecule has 6 nitrogen and oxygen atoms in total. The van der Waals surface area contributed by atoms with E-state index in [0.717, 1.165) is 4.90 Å². The first-order chi connectivity index (χ1) is 7.06. The van der Waals surface area contributed by atoms with Crippen molar-refractivity contribution in [1.82, 2.24) is 10.2 Å². The number of carbonyl (C=O) groups is 3. The number of nitrogens with two attached hydrogens (primary N) is 1. The second-order valence-electron chi connectivity index (χ2n) is 3.17. The summed E-state index contributed by atoms with van der Waals surface area (Å²) in [4.78, 5) is 34.3.